The van der Waals surface area contributed by atoms with E-state index in [1.165, 1.54) is 7.11 Å². The lowest BCUT2D eigenvalue weighted by Gasteiger charge is -2.38. The van der Waals surface area contributed by atoms with Gasteiger partial charge in [-0.15, -0.1) is 0 Å². The molecule has 4 heteroatoms. The van der Waals surface area contributed by atoms with Gasteiger partial charge in [0.25, 0.3) is 0 Å². The van der Waals surface area contributed by atoms with E-state index in [0.29, 0.717) is 6.42 Å². The van der Waals surface area contributed by atoms with E-state index < -0.39 is 5.41 Å². The molecule has 0 unspecified atom stereocenters. The van der Waals surface area contributed by atoms with Crippen molar-refractivity contribution in [3.63, 3.8) is 0 Å². The largest absolute Gasteiger partial charge is 0.469 e. The number of aliphatic hydroxyl groups excluding tert-OH is 1. The highest BCUT2D eigenvalue weighted by atomic mass is 16.5. The fourth-order valence-corrected chi connectivity index (χ4v) is 2.18. The first kappa shape index (κ1) is 13.5. The number of methoxy groups -OCH3 is 1. The highest BCUT2D eigenvalue weighted by Crippen LogP contribution is 2.34. The van der Waals surface area contributed by atoms with Crippen molar-refractivity contribution in [1.29, 1.82) is 0 Å². The second-order valence-electron chi connectivity index (χ2n) is 4.90. The molecule has 0 aromatic carbocycles. The highest BCUT2D eigenvalue weighted by molar-refractivity contribution is 5.76. The lowest BCUT2D eigenvalue weighted by atomic mass is 9.82. The monoisotopic (exact) mass is 230 g/mol. The maximum atomic E-state index is 11.6. The fourth-order valence-electron chi connectivity index (χ4n) is 2.18. The van der Waals surface area contributed by atoms with Crippen LogP contribution in [0.2, 0.25) is 0 Å². The number of hydrogen-bond acceptors (Lipinski definition) is 4. The van der Waals surface area contributed by atoms with Crippen LogP contribution in [0.3, 0.4) is 0 Å². The molecule has 0 radical (unpaired) electrons. The number of carbonyl (C=O) groups excluding carboxylic acids is 1. The molecule has 0 bridgehead atoms. The minimum Gasteiger partial charge on any atom is -0.469 e. The average Bonchev–Trinajstić information content (AvgIpc) is 2.28. The average molecular weight is 230 g/mol. The van der Waals surface area contributed by atoms with Crippen molar-refractivity contribution in [3.05, 3.63) is 0 Å². The predicted molar refractivity (Wildman–Crippen MR) is 60.0 cm³/mol. The molecule has 1 saturated heterocycles. The smallest absolute Gasteiger partial charge is 0.313 e. The van der Waals surface area contributed by atoms with Gasteiger partial charge in [-0.2, -0.15) is 0 Å². The van der Waals surface area contributed by atoms with Gasteiger partial charge >= 0.3 is 5.97 Å². The van der Waals surface area contributed by atoms with E-state index in [1.807, 2.05) is 13.8 Å². The molecule has 0 saturated carbocycles. The van der Waals surface area contributed by atoms with Crippen LogP contribution in [0.4, 0.5) is 0 Å². The third-order valence-electron chi connectivity index (χ3n) is 3.32. The third-order valence-corrected chi connectivity index (χ3v) is 3.32. The van der Waals surface area contributed by atoms with Gasteiger partial charge in [-0.25, -0.2) is 0 Å². The number of ether oxygens (including phenoxy) is 2. The Bertz CT molecular complexity index is 235. The first-order valence-corrected chi connectivity index (χ1v) is 5.87. The van der Waals surface area contributed by atoms with Gasteiger partial charge in [-0.3, -0.25) is 4.79 Å². The molecule has 1 rings (SSSR count). The van der Waals surface area contributed by atoms with Gasteiger partial charge in [0.2, 0.25) is 0 Å². The molecule has 16 heavy (non-hydrogen) atoms. The third kappa shape index (κ3) is 2.95. The molecule has 0 aliphatic carbocycles. The topological polar surface area (TPSA) is 55.8 Å². The van der Waals surface area contributed by atoms with Crippen LogP contribution in [-0.2, 0) is 14.3 Å². The summed E-state index contributed by atoms with van der Waals surface area (Å²) in [7, 11) is 1.40. The minimum atomic E-state index is -0.608. The van der Waals surface area contributed by atoms with Crippen LogP contribution in [0, 0.1) is 5.41 Å². The first-order chi connectivity index (χ1) is 7.52. The fraction of sp³-hybridized carbons (Fsp3) is 0.917. The summed E-state index contributed by atoms with van der Waals surface area (Å²) >= 11 is 0. The van der Waals surface area contributed by atoms with Gasteiger partial charge < -0.3 is 14.6 Å². The van der Waals surface area contributed by atoms with E-state index >= 15 is 0 Å². The molecule has 0 aromatic heterocycles. The molecule has 94 valence electrons. The Morgan fingerprint density at radius 3 is 2.75 bits per heavy atom. The van der Waals surface area contributed by atoms with Crippen molar-refractivity contribution in [3.8, 4) is 0 Å². The van der Waals surface area contributed by atoms with E-state index in [-0.39, 0.29) is 24.8 Å². The zero-order valence-electron chi connectivity index (χ0n) is 10.4. The van der Waals surface area contributed by atoms with E-state index in [9.17, 15) is 4.79 Å². The number of aliphatic hydroxyl groups is 1. The van der Waals surface area contributed by atoms with Crippen molar-refractivity contribution < 1.29 is 19.4 Å². The highest BCUT2D eigenvalue weighted by Gasteiger charge is 2.41. The molecule has 1 heterocycles. The van der Waals surface area contributed by atoms with Gasteiger partial charge in [0, 0.05) is 6.61 Å². The summed E-state index contributed by atoms with van der Waals surface area (Å²) in [5.41, 5.74) is -0.608. The van der Waals surface area contributed by atoms with E-state index in [2.05, 4.69) is 0 Å². The Hall–Kier alpha value is -0.610. The molecule has 4 nitrogen and oxygen atoms in total. The van der Waals surface area contributed by atoms with Gasteiger partial charge in [-0.1, -0.05) is 0 Å². The molecule has 1 fully saturated rings. The maximum absolute atomic E-state index is 11.6. The van der Waals surface area contributed by atoms with Gasteiger partial charge in [-0.05, 0) is 39.5 Å². The Kier molecular flexibility index (Phi) is 4.74. The molecule has 1 aliphatic rings. The van der Waals surface area contributed by atoms with Gasteiger partial charge in [0.1, 0.15) is 0 Å². The molecule has 2 atom stereocenters. The van der Waals surface area contributed by atoms with Crippen molar-refractivity contribution >= 4 is 5.97 Å². The molecular weight excluding hydrogens is 208 g/mol. The van der Waals surface area contributed by atoms with E-state index in [1.54, 1.807) is 0 Å². The first-order valence-electron chi connectivity index (χ1n) is 5.87. The van der Waals surface area contributed by atoms with Crippen LogP contribution < -0.4 is 0 Å². The summed E-state index contributed by atoms with van der Waals surface area (Å²) < 4.78 is 10.6. The zero-order chi connectivity index (χ0) is 12.2. The van der Waals surface area contributed by atoms with Gasteiger partial charge in [0.05, 0.1) is 24.7 Å². The van der Waals surface area contributed by atoms with Crippen LogP contribution in [0.25, 0.3) is 0 Å². The Morgan fingerprint density at radius 2 is 2.19 bits per heavy atom. The van der Waals surface area contributed by atoms with Crippen molar-refractivity contribution in [2.24, 2.45) is 5.41 Å². The molecule has 0 spiro atoms. The summed E-state index contributed by atoms with van der Waals surface area (Å²) in [6, 6.07) is 0. The van der Waals surface area contributed by atoms with E-state index in [4.69, 9.17) is 14.6 Å². The number of esters is 1. The van der Waals surface area contributed by atoms with Crippen LogP contribution in [-0.4, -0.2) is 37.0 Å². The van der Waals surface area contributed by atoms with Crippen molar-refractivity contribution in [2.45, 2.75) is 51.7 Å². The lowest BCUT2D eigenvalue weighted by Crippen LogP contribution is -2.44. The van der Waals surface area contributed by atoms with Crippen molar-refractivity contribution in [2.75, 3.05) is 13.7 Å². The Balaban J connectivity index is 2.61. The normalized spacial score (nSPS) is 26.5. The Labute approximate surface area is 96.9 Å². The van der Waals surface area contributed by atoms with Crippen LogP contribution in [0.5, 0.6) is 0 Å². The molecule has 0 aromatic rings. The second kappa shape index (κ2) is 5.64. The molecule has 1 N–H and O–H groups in total. The summed E-state index contributed by atoms with van der Waals surface area (Å²) in [5.74, 6) is -0.234. The minimum absolute atomic E-state index is 0.0766. The zero-order valence-corrected chi connectivity index (χ0v) is 10.4. The summed E-state index contributed by atoms with van der Waals surface area (Å²) in [6.45, 7) is 3.84. The quantitative estimate of drug-likeness (QED) is 0.744. The summed E-state index contributed by atoms with van der Waals surface area (Å²) in [5, 5.41) is 8.89. The Morgan fingerprint density at radius 1 is 1.50 bits per heavy atom. The van der Waals surface area contributed by atoms with Crippen LogP contribution >= 0.6 is 0 Å². The number of hydrogen-bond donors (Lipinski definition) is 1. The standard InChI is InChI=1S/C12H22O4/c1-12(2,11(14)15-3)10-6-4-5-9(16-10)7-8-13/h9-10,13H,4-8H2,1-3H3/t9-,10+/m0/s1. The van der Waals surface area contributed by atoms with Crippen LogP contribution in [0.15, 0.2) is 0 Å². The van der Waals surface area contributed by atoms with Crippen molar-refractivity contribution in [1.82, 2.24) is 0 Å². The van der Waals surface area contributed by atoms with Gasteiger partial charge in [0.15, 0.2) is 0 Å². The van der Waals surface area contributed by atoms with Crippen LogP contribution in [0.1, 0.15) is 39.5 Å². The molecular formula is C12H22O4. The number of carbonyl (C=O) groups is 1. The SMILES string of the molecule is COC(=O)C(C)(C)[C@H]1CCC[C@@H](CCO)O1. The predicted octanol–water partition coefficient (Wildman–Crippen LogP) is 1.51. The summed E-state index contributed by atoms with van der Waals surface area (Å²) in [4.78, 5) is 11.6. The summed E-state index contributed by atoms with van der Waals surface area (Å²) in [6.07, 6.45) is 3.50. The molecule has 1 aliphatic heterocycles. The van der Waals surface area contributed by atoms with E-state index in [0.717, 1.165) is 19.3 Å². The molecule has 0 amide bonds. The number of rotatable bonds is 4. The maximum Gasteiger partial charge on any atom is 0.313 e. The lowest BCUT2D eigenvalue weighted by molar-refractivity contribution is -0.169. The second-order valence-corrected chi connectivity index (χ2v) is 4.90.